The molecule has 0 fully saturated rings. The summed E-state index contributed by atoms with van der Waals surface area (Å²) >= 11 is 0. The van der Waals surface area contributed by atoms with Gasteiger partial charge >= 0.3 is 11.9 Å². The molecule has 5 rings (SSSR count). The highest BCUT2D eigenvalue weighted by molar-refractivity contribution is 5.96. The number of carbonyl (C=O) groups excluding carboxylic acids is 2. The van der Waals surface area contributed by atoms with E-state index in [1.807, 2.05) is 45.0 Å². The van der Waals surface area contributed by atoms with Crippen molar-refractivity contribution in [3.63, 3.8) is 0 Å². The van der Waals surface area contributed by atoms with Crippen LogP contribution < -0.4 is 18.9 Å². The van der Waals surface area contributed by atoms with E-state index in [0.29, 0.717) is 33.8 Å². The fourth-order valence-corrected chi connectivity index (χ4v) is 4.44. The van der Waals surface area contributed by atoms with Crippen LogP contribution in [0.25, 0.3) is 11.1 Å². The molecule has 0 bridgehead atoms. The van der Waals surface area contributed by atoms with Crippen LogP contribution in [0.3, 0.4) is 0 Å². The molecule has 0 amide bonds. The van der Waals surface area contributed by atoms with Gasteiger partial charge in [0.05, 0.1) is 45.5 Å². The van der Waals surface area contributed by atoms with Gasteiger partial charge in [-0.25, -0.2) is 9.59 Å². The van der Waals surface area contributed by atoms with Gasteiger partial charge in [-0.05, 0) is 105 Å². The smallest absolute Gasteiger partial charge is 0.343 e. The summed E-state index contributed by atoms with van der Waals surface area (Å²) in [5, 5.41) is 18.2. The fourth-order valence-electron chi connectivity index (χ4n) is 4.44. The number of fused-ring (bicyclic) bond motifs is 3. The van der Waals surface area contributed by atoms with Crippen molar-refractivity contribution in [3.8, 4) is 46.3 Å². The molecule has 0 aromatic heterocycles. The summed E-state index contributed by atoms with van der Waals surface area (Å²) in [7, 11) is 0. The normalized spacial score (nSPS) is 13.4. The third-order valence-electron chi connectivity index (χ3n) is 6.38. The van der Waals surface area contributed by atoms with Gasteiger partial charge in [-0.1, -0.05) is 0 Å². The molecule has 0 spiro atoms. The Morgan fingerprint density at radius 3 is 1.63 bits per heavy atom. The highest BCUT2D eigenvalue weighted by Gasteiger charge is 2.29. The maximum Gasteiger partial charge on any atom is 0.343 e. The van der Waals surface area contributed by atoms with E-state index in [4.69, 9.17) is 29.5 Å². The van der Waals surface area contributed by atoms with E-state index in [1.54, 1.807) is 12.1 Å². The summed E-state index contributed by atoms with van der Waals surface area (Å²) < 4.78 is 24.1. The number of rotatable bonds is 4. The number of benzene rings is 4. The molecular weight excluding hydrogens is 520 g/mol. The number of aryl methyl sites for hydroxylation is 2. The summed E-state index contributed by atoms with van der Waals surface area (Å²) in [6, 6.07) is 23.3. The minimum atomic E-state index is -0.636. The lowest BCUT2D eigenvalue weighted by Crippen LogP contribution is -2.24. The Morgan fingerprint density at radius 2 is 1.17 bits per heavy atom. The summed E-state index contributed by atoms with van der Waals surface area (Å²) in [6.45, 7) is 5.79. The van der Waals surface area contributed by atoms with Crippen LogP contribution in [0.4, 0.5) is 0 Å². The van der Waals surface area contributed by atoms with E-state index in [0.717, 1.165) is 11.1 Å². The first kappa shape index (κ1) is 27.0. The van der Waals surface area contributed by atoms with Crippen LogP contribution in [0.5, 0.6) is 23.0 Å². The van der Waals surface area contributed by atoms with Gasteiger partial charge in [0, 0.05) is 0 Å². The highest BCUT2D eigenvalue weighted by Crippen LogP contribution is 2.50. The molecule has 4 aromatic carbocycles. The van der Waals surface area contributed by atoms with E-state index < -0.39 is 11.9 Å². The molecule has 0 aliphatic carbocycles. The Hall–Kier alpha value is -5.60. The van der Waals surface area contributed by atoms with Crippen LogP contribution >= 0.6 is 0 Å². The second-order valence-corrected chi connectivity index (χ2v) is 9.67. The minimum Gasteiger partial charge on any atom is -0.489 e. The summed E-state index contributed by atoms with van der Waals surface area (Å²) in [6.07, 6.45) is -0.337. The number of ether oxygens (including phenoxy) is 4. The molecule has 1 aliphatic heterocycles. The molecule has 1 heterocycles. The lowest BCUT2D eigenvalue weighted by Gasteiger charge is -2.27. The Kier molecular flexibility index (Phi) is 7.41. The van der Waals surface area contributed by atoms with Crippen LogP contribution in [0.2, 0.25) is 0 Å². The number of hydrogen-bond donors (Lipinski definition) is 0. The lowest BCUT2D eigenvalue weighted by molar-refractivity contribution is 0.0720. The zero-order chi connectivity index (χ0) is 29.1. The number of carbonyl (C=O) groups is 2. The van der Waals surface area contributed by atoms with Crippen molar-refractivity contribution < 1.29 is 28.5 Å². The molecular formula is C33H24N2O6. The molecule has 0 saturated carbocycles. The lowest BCUT2D eigenvalue weighted by atomic mass is 9.97. The quantitative estimate of drug-likeness (QED) is 0.217. The van der Waals surface area contributed by atoms with Crippen molar-refractivity contribution in [2.24, 2.45) is 0 Å². The van der Waals surface area contributed by atoms with Crippen molar-refractivity contribution in [3.05, 3.63) is 106 Å². The van der Waals surface area contributed by atoms with Crippen molar-refractivity contribution in [1.29, 1.82) is 10.5 Å². The Bertz CT molecular complexity index is 1750. The van der Waals surface area contributed by atoms with E-state index in [9.17, 15) is 9.59 Å². The van der Waals surface area contributed by atoms with Crippen molar-refractivity contribution in [1.82, 2.24) is 0 Å². The molecule has 0 saturated heterocycles. The van der Waals surface area contributed by atoms with Gasteiger partial charge in [0.15, 0.2) is 0 Å². The molecule has 0 radical (unpaired) electrons. The molecule has 8 heteroatoms. The van der Waals surface area contributed by atoms with Crippen molar-refractivity contribution in [2.75, 3.05) is 6.61 Å². The van der Waals surface area contributed by atoms with Gasteiger partial charge < -0.3 is 18.9 Å². The summed E-state index contributed by atoms with van der Waals surface area (Å²) in [5.74, 6) is -0.0274. The van der Waals surface area contributed by atoms with Crippen LogP contribution in [0.15, 0.2) is 72.8 Å². The second kappa shape index (κ2) is 11.3. The number of nitriles is 2. The van der Waals surface area contributed by atoms with Crippen LogP contribution in [0, 0.1) is 36.5 Å². The van der Waals surface area contributed by atoms with Gasteiger partial charge in [-0.15, -0.1) is 0 Å². The predicted molar refractivity (Wildman–Crippen MR) is 149 cm³/mol. The summed E-state index contributed by atoms with van der Waals surface area (Å²) in [4.78, 5) is 26.4. The topological polar surface area (TPSA) is 119 Å². The molecule has 41 heavy (non-hydrogen) atoms. The van der Waals surface area contributed by atoms with Gasteiger partial charge in [0.1, 0.15) is 35.7 Å². The standard InChI is InChI=1S/C33H24N2O6/c1-19-12-26-30(28(14-19)40-32(36)24-8-4-22(16-34)5-9-24)31-27(39-21(3)18-38-26)13-20(2)15-29(31)41-33(37)25-10-6-23(17-35)7-11-25/h4-15,21H,18H2,1-3H3/t21-/m1/s1. The first-order valence-electron chi connectivity index (χ1n) is 12.8. The Morgan fingerprint density at radius 1 is 0.732 bits per heavy atom. The van der Waals surface area contributed by atoms with E-state index in [2.05, 4.69) is 0 Å². The molecule has 202 valence electrons. The largest absolute Gasteiger partial charge is 0.489 e. The maximum absolute atomic E-state index is 13.2. The molecule has 0 unspecified atom stereocenters. The molecule has 8 nitrogen and oxygen atoms in total. The third-order valence-corrected chi connectivity index (χ3v) is 6.38. The Labute approximate surface area is 236 Å². The third kappa shape index (κ3) is 5.73. The highest BCUT2D eigenvalue weighted by atomic mass is 16.6. The van der Waals surface area contributed by atoms with Crippen molar-refractivity contribution >= 4 is 11.9 Å². The fraction of sp³-hybridized carbons (Fsp3) is 0.152. The van der Waals surface area contributed by atoms with E-state index >= 15 is 0 Å². The number of hydrogen-bond acceptors (Lipinski definition) is 8. The van der Waals surface area contributed by atoms with Crippen LogP contribution in [0.1, 0.15) is 49.9 Å². The van der Waals surface area contributed by atoms with E-state index in [1.165, 1.54) is 48.5 Å². The van der Waals surface area contributed by atoms with Gasteiger partial charge in [-0.3, -0.25) is 0 Å². The maximum atomic E-state index is 13.2. The van der Waals surface area contributed by atoms with Crippen molar-refractivity contribution in [2.45, 2.75) is 26.9 Å². The molecule has 1 aliphatic rings. The zero-order valence-electron chi connectivity index (χ0n) is 22.6. The number of esters is 2. The molecule has 1 atom stereocenters. The Balaban J connectivity index is 1.64. The zero-order valence-corrected chi connectivity index (χ0v) is 22.6. The van der Waals surface area contributed by atoms with E-state index in [-0.39, 0.29) is 35.3 Å². The van der Waals surface area contributed by atoms with Crippen LogP contribution in [-0.2, 0) is 0 Å². The first-order chi connectivity index (χ1) is 19.7. The predicted octanol–water partition coefficient (Wildman–Crippen LogP) is 6.31. The van der Waals surface area contributed by atoms with Gasteiger partial charge in [0.2, 0.25) is 0 Å². The number of nitrogens with zero attached hydrogens (tertiary/aromatic N) is 2. The SMILES string of the molecule is Cc1cc2c(c(OC(=O)c3ccc(C#N)cc3)c1)-c1c(OC(=O)c3ccc(C#N)cc3)cc(C)cc1O[C@H](C)CO2. The van der Waals surface area contributed by atoms with Gasteiger partial charge in [-0.2, -0.15) is 10.5 Å². The van der Waals surface area contributed by atoms with Crippen LogP contribution in [-0.4, -0.2) is 24.6 Å². The summed E-state index contributed by atoms with van der Waals surface area (Å²) in [5.41, 5.74) is 3.69. The van der Waals surface area contributed by atoms with Gasteiger partial charge in [0.25, 0.3) is 0 Å². The second-order valence-electron chi connectivity index (χ2n) is 9.67. The first-order valence-corrected chi connectivity index (χ1v) is 12.8. The minimum absolute atomic E-state index is 0.188. The average Bonchev–Trinajstić information content (AvgIpc) is 2.96. The average molecular weight is 545 g/mol. The molecule has 0 N–H and O–H groups in total. The molecule has 4 aromatic rings. The monoisotopic (exact) mass is 544 g/mol.